The maximum absolute atomic E-state index is 12.7. The number of piperidine rings is 1. The van der Waals surface area contributed by atoms with E-state index in [0.717, 1.165) is 41.8 Å². The van der Waals surface area contributed by atoms with E-state index in [1.54, 1.807) is 4.68 Å². The molecule has 1 fully saturated rings. The number of halogens is 2. The number of likely N-dealkylation sites (tertiary alicyclic amines) is 1. The first-order valence-corrected chi connectivity index (χ1v) is 8.54. The van der Waals surface area contributed by atoms with Crippen LogP contribution in [0, 0.1) is 6.92 Å². The van der Waals surface area contributed by atoms with E-state index in [1.165, 1.54) is 0 Å². The molecule has 0 aliphatic carbocycles. The highest BCUT2D eigenvalue weighted by molar-refractivity contribution is 9.10. The van der Waals surface area contributed by atoms with Gasteiger partial charge in [0.15, 0.2) is 5.69 Å². The summed E-state index contributed by atoms with van der Waals surface area (Å²) < 4.78 is 2.67. The van der Waals surface area contributed by atoms with E-state index in [-0.39, 0.29) is 18.3 Å². The number of aromatic nitrogens is 3. The van der Waals surface area contributed by atoms with Gasteiger partial charge in [-0.25, -0.2) is 4.68 Å². The first-order chi connectivity index (χ1) is 11.1. The molecule has 0 spiro atoms. The monoisotopic (exact) mass is 413 g/mol. The van der Waals surface area contributed by atoms with Crippen molar-refractivity contribution in [1.82, 2.24) is 25.2 Å². The summed E-state index contributed by atoms with van der Waals surface area (Å²) in [6.07, 6.45) is 1.95. The first-order valence-electron chi connectivity index (χ1n) is 7.75. The van der Waals surface area contributed by atoms with Crippen LogP contribution in [-0.4, -0.2) is 52.0 Å². The Morgan fingerprint density at radius 3 is 2.67 bits per heavy atom. The van der Waals surface area contributed by atoms with Gasteiger partial charge in [0.1, 0.15) is 0 Å². The Bertz CT molecular complexity index is 712. The van der Waals surface area contributed by atoms with E-state index >= 15 is 0 Å². The maximum atomic E-state index is 12.7. The molecule has 0 bridgehead atoms. The minimum atomic E-state index is -0.0294. The third-order valence-corrected chi connectivity index (χ3v) is 4.83. The summed E-state index contributed by atoms with van der Waals surface area (Å²) in [5.41, 5.74) is 2.09. The molecular formula is C16H21BrClN5O. The number of carbonyl (C=O) groups excluding carboxylic acids is 1. The van der Waals surface area contributed by atoms with Gasteiger partial charge in [0.2, 0.25) is 0 Å². The number of nitrogens with one attached hydrogen (secondary N) is 1. The zero-order valence-electron chi connectivity index (χ0n) is 13.7. The Morgan fingerprint density at radius 1 is 1.33 bits per heavy atom. The normalized spacial score (nSPS) is 15.2. The van der Waals surface area contributed by atoms with E-state index in [2.05, 4.69) is 31.6 Å². The van der Waals surface area contributed by atoms with Crippen LogP contribution in [0.3, 0.4) is 0 Å². The van der Waals surface area contributed by atoms with Crippen LogP contribution in [0.15, 0.2) is 28.7 Å². The van der Waals surface area contributed by atoms with E-state index in [1.807, 2.05) is 43.1 Å². The molecule has 1 N–H and O–H groups in total. The predicted octanol–water partition coefficient (Wildman–Crippen LogP) is 2.58. The molecule has 0 unspecified atom stereocenters. The standard InChI is InChI=1S/C16H20BrN5O.ClH/c1-11-15(16(23)21-8-6-13(18-2)7-9-21)19-20-22(11)14-5-3-4-12(17)10-14;/h3-5,10,13,18H,6-9H2,1-2H3;1H. The number of nitrogens with zero attached hydrogens (tertiary/aromatic N) is 4. The number of hydrogen-bond acceptors (Lipinski definition) is 4. The highest BCUT2D eigenvalue weighted by atomic mass is 79.9. The van der Waals surface area contributed by atoms with Crippen LogP contribution < -0.4 is 5.32 Å². The number of carbonyl (C=O) groups is 1. The van der Waals surface area contributed by atoms with Crippen LogP contribution in [0.25, 0.3) is 5.69 Å². The predicted molar refractivity (Wildman–Crippen MR) is 99.0 cm³/mol. The third kappa shape index (κ3) is 3.79. The molecule has 1 amide bonds. The molecule has 1 aliphatic rings. The fraction of sp³-hybridized carbons (Fsp3) is 0.438. The zero-order chi connectivity index (χ0) is 16.4. The lowest BCUT2D eigenvalue weighted by Crippen LogP contribution is -2.44. The minimum absolute atomic E-state index is 0. The van der Waals surface area contributed by atoms with Crippen molar-refractivity contribution in [2.24, 2.45) is 0 Å². The van der Waals surface area contributed by atoms with Gasteiger partial charge in [-0.3, -0.25) is 4.79 Å². The van der Waals surface area contributed by atoms with Crippen molar-refractivity contribution in [1.29, 1.82) is 0 Å². The quantitative estimate of drug-likeness (QED) is 0.838. The molecule has 1 aromatic carbocycles. The molecule has 0 radical (unpaired) electrons. The summed E-state index contributed by atoms with van der Waals surface area (Å²) in [6.45, 7) is 3.40. The molecule has 0 atom stereocenters. The lowest BCUT2D eigenvalue weighted by atomic mass is 10.0. The minimum Gasteiger partial charge on any atom is -0.337 e. The van der Waals surface area contributed by atoms with Crippen LogP contribution in [-0.2, 0) is 0 Å². The summed E-state index contributed by atoms with van der Waals surface area (Å²) in [4.78, 5) is 14.6. The second-order valence-electron chi connectivity index (χ2n) is 5.77. The van der Waals surface area contributed by atoms with Crippen molar-refractivity contribution >= 4 is 34.2 Å². The van der Waals surface area contributed by atoms with Crippen LogP contribution >= 0.6 is 28.3 Å². The molecule has 2 heterocycles. The Morgan fingerprint density at radius 2 is 2.04 bits per heavy atom. The third-order valence-electron chi connectivity index (χ3n) is 4.34. The topological polar surface area (TPSA) is 63.1 Å². The molecule has 1 aromatic heterocycles. The van der Waals surface area contributed by atoms with Gasteiger partial charge in [0.05, 0.1) is 11.4 Å². The van der Waals surface area contributed by atoms with Gasteiger partial charge >= 0.3 is 0 Å². The van der Waals surface area contributed by atoms with E-state index in [0.29, 0.717) is 11.7 Å². The summed E-state index contributed by atoms with van der Waals surface area (Å²) in [6, 6.07) is 8.28. The largest absolute Gasteiger partial charge is 0.337 e. The SMILES string of the molecule is CNC1CCN(C(=O)c2nnn(-c3cccc(Br)c3)c2C)CC1.Cl. The van der Waals surface area contributed by atoms with Gasteiger partial charge in [-0.15, -0.1) is 17.5 Å². The fourth-order valence-electron chi connectivity index (χ4n) is 2.90. The van der Waals surface area contributed by atoms with Crippen molar-refractivity contribution in [2.75, 3.05) is 20.1 Å². The highest BCUT2D eigenvalue weighted by Gasteiger charge is 2.26. The summed E-state index contributed by atoms with van der Waals surface area (Å²) in [5, 5.41) is 11.6. The molecule has 0 saturated carbocycles. The van der Waals surface area contributed by atoms with Gasteiger partial charge in [-0.05, 0) is 45.0 Å². The summed E-state index contributed by atoms with van der Waals surface area (Å²) in [7, 11) is 1.97. The van der Waals surface area contributed by atoms with Gasteiger partial charge in [-0.2, -0.15) is 0 Å². The van der Waals surface area contributed by atoms with Crippen molar-refractivity contribution in [2.45, 2.75) is 25.8 Å². The van der Waals surface area contributed by atoms with Crippen molar-refractivity contribution in [3.63, 3.8) is 0 Å². The number of hydrogen-bond donors (Lipinski definition) is 1. The summed E-state index contributed by atoms with van der Waals surface area (Å²) >= 11 is 3.45. The lowest BCUT2D eigenvalue weighted by molar-refractivity contribution is 0.0700. The van der Waals surface area contributed by atoms with Crippen LogP contribution in [0.4, 0.5) is 0 Å². The smallest absolute Gasteiger partial charge is 0.276 e. The second kappa shape index (κ2) is 8.09. The molecule has 6 nitrogen and oxygen atoms in total. The van der Waals surface area contributed by atoms with E-state index < -0.39 is 0 Å². The highest BCUT2D eigenvalue weighted by Crippen LogP contribution is 2.19. The van der Waals surface area contributed by atoms with Crippen LogP contribution in [0.1, 0.15) is 29.0 Å². The van der Waals surface area contributed by atoms with Gasteiger partial charge in [0.25, 0.3) is 5.91 Å². The average Bonchev–Trinajstić information content (AvgIpc) is 2.96. The van der Waals surface area contributed by atoms with Crippen LogP contribution in [0.5, 0.6) is 0 Å². The molecule has 24 heavy (non-hydrogen) atoms. The van der Waals surface area contributed by atoms with Gasteiger partial charge in [-0.1, -0.05) is 27.2 Å². The number of benzene rings is 1. The second-order valence-corrected chi connectivity index (χ2v) is 6.69. The molecule has 1 saturated heterocycles. The average molecular weight is 415 g/mol. The van der Waals surface area contributed by atoms with Crippen molar-refractivity contribution < 1.29 is 4.79 Å². The Labute approximate surface area is 156 Å². The van der Waals surface area contributed by atoms with Gasteiger partial charge < -0.3 is 10.2 Å². The number of amides is 1. The molecule has 1 aliphatic heterocycles. The molecule has 2 aromatic rings. The molecule has 130 valence electrons. The fourth-order valence-corrected chi connectivity index (χ4v) is 3.29. The van der Waals surface area contributed by atoms with Crippen molar-refractivity contribution in [3.05, 3.63) is 40.1 Å². The van der Waals surface area contributed by atoms with Crippen molar-refractivity contribution in [3.8, 4) is 5.69 Å². The van der Waals surface area contributed by atoms with Crippen LogP contribution in [0.2, 0.25) is 0 Å². The molecule has 8 heteroatoms. The Hall–Kier alpha value is -1.44. The van der Waals surface area contributed by atoms with E-state index in [9.17, 15) is 4.79 Å². The Kier molecular flexibility index (Phi) is 6.37. The Balaban J connectivity index is 0.00000208. The summed E-state index contributed by atoms with van der Waals surface area (Å²) in [5.74, 6) is -0.0294. The molecular weight excluding hydrogens is 394 g/mol. The first kappa shape index (κ1) is 18.9. The maximum Gasteiger partial charge on any atom is 0.276 e. The number of rotatable bonds is 3. The van der Waals surface area contributed by atoms with E-state index in [4.69, 9.17) is 0 Å². The van der Waals surface area contributed by atoms with Gasteiger partial charge in [0, 0.05) is 23.6 Å². The lowest BCUT2D eigenvalue weighted by Gasteiger charge is -2.31. The zero-order valence-corrected chi connectivity index (χ0v) is 16.1. The molecule has 3 rings (SSSR count).